The summed E-state index contributed by atoms with van der Waals surface area (Å²) < 4.78 is 162. The summed E-state index contributed by atoms with van der Waals surface area (Å²) in [7, 11) is 0. The minimum absolute atomic E-state index is 0.299. The summed E-state index contributed by atoms with van der Waals surface area (Å²) >= 11 is 6.52. The average molecular weight is 462 g/mol. The molecule has 156 valence electrons. The van der Waals surface area contributed by atoms with Crippen LogP contribution in [-0.4, -0.2) is 4.57 Å². The predicted octanol–water partition coefficient (Wildman–Crippen LogP) is 9.00. The van der Waals surface area contributed by atoms with Gasteiger partial charge in [-0.25, -0.2) is 0 Å². The van der Waals surface area contributed by atoms with Crippen LogP contribution in [0.25, 0.3) is 60.6 Å². The molecular formula is C30H18ClNO. The molecule has 0 fully saturated rings. The molecule has 0 amide bonds. The molecule has 7 aromatic rings. The first-order valence-electron chi connectivity index (χ1n) is 18.5. The standard InChI is InChI=1S/C30H18ClNO/c31-19-17-24(30-25(18-19)23-12-4-8-16-29(23)33-30)22-11-3-7-15-28(22)32-26-13-5-1-9-20(26)21-10-2-6-14-27(21)32/h1-18H/i1D,2D,3D,4D,5D,6D,7D,8D,9D,10D,11D,12D,13D,14D,15D,16D,17D,18D. The second-order valence-corrected chi connectivity index (χ2v) is 7.33. The molecule has 0 saturated carbocycles. The molecule has 2 aromatic heterocycles. The second-order valence-electron chi connectivity index (χ2n) is 6.96. The minimum atomic E-state index is -0.872. The maximum Gasteiger partial charge on any atom is 0.143 e. The molecule has 2 nitrogen and oxygen atoms in total. The summed E-state index contributed by atoms with van der Waals surface area (Å²) in [4.78, 5) is 0. The molecule has 5 aromatic carbocycles. The molecule has 0 saturated heterocycles. The van der Waals surface area contributed by atoms with Gasteiger partial charge in [0.05, 0.1) is 41.4 Å². The zero-order valence-corrected chi connectivity index (χ0v) is 17.0. The highest BCUT2D eigenvalue weighted by Crippen LogP contribution is 2.41. The first-order chi connectivity index (χ1) is 23.8. The van der Waals surface area contributed by atoms with Crippen molar-refractivity contribution in [2.45, 2.75) is 0 Å². The smallest absolute Gasteiger partial charge is 0.143 e. The van der Waals surface area contributed by atoms with Crippen molar-refractivity contribution in [3.05, 3.63) is 114 Å². The van der Waals surface area contributed by atoms with E-state index in [2.05, 4.69) is 0 Å². The number of para-hydroxylation sites is 4. The van der Waals surface area contributed by atoms with Gasteiger partial charge in [0, 0.05) is 37.7 Å². The fourth-order valence-corrected chi connectivity index (χ4v) is 4.09. The van der Waals surface area contributed by atoms with Gasteiger partial charge in [-0.15, -0.1) is 0 Å². The number of aromatic nitrogens is 1. The molecule has 7 rings (SSSR count). The molecule has 0 aliphatic rings. The van der Waals surface area contributed by atoms with E-state index in [1.807, 2.05) is 0 Å². The number of fused-ring (bicyclic) bond motifs is 6. The van der Waals surface area contributed by atoms with Crippen LogP contribution in [0.1, 0.15) is 24.7 Å². The van der Waals surface area contributed by atoms with E-state index in [-0.39, 0.29) is 21.5 Å². The molecule has 0 radical (unpaired) electrons. The van der Waals surface area contributed by atoms with E-state index >= 15 is 0 Å². The van der Waals surface area contributed by atoms with E-state index in [0.717, 1.165) is 4.57 Å². The third-order valence-electron chi connectivity index (χ3n) is 5.20. The van der Waals surface area contributed by atoms with Crippen molar-refractivity contribution in [1.82, 2.24) is 4.57 Å². The van der Waals surface area contributed by atoms with Crippen molar-refractivity contribution >= 4 is 55.3 Å². The molecule has 0 atom stereocenters. The molecule has 0 bridgehead atoms. The molecule has 0 aliphatic carbocycles. The van der Waals surface area contributed by atoms with Crippen LogP contribution < -0.4 is 0 Å². The summed E-state index contributed by atoms with van der Waals surface area (Å²) in [6, 6.07) is -13.4. The van der Waals surface area contributed by atoms with Crippen molar-refractivity contribution in [3.63, 3.8) is 0 Å². The van der Waals surface area contributed by atoms with Crippen LogP contribution in [0.15, 0.2) is 113 Å². The Kier molecular flexibility index (Phi) is 1.71. The topological polar surface area (TPSA) is 18.1 Å². The Morgan fingerprint density at radius 3 is 1.97 bits per heavy atom. The van der Waals surface area contributed by atoms with Gasteiger partial charge >= 0.3 is 0 Å². The molecule has 33 heavy (non-hydrogen) atoms. The molecule has 0 N–H and O–H groups in total. The lowest BCUT2D eigenvalue weighted by Gasteiger charge is -2.14. The lowest BCUT2D eigenvalue weighted by atomic mass is 10.0. The van der Waals surface area contributed by atoms with Crippen LogP contribution in [0, 0.1) is 0 Å². The van der Waals surface area contributed by atoms with Crippen LogP contribution in [0.3, 0.4) is 0 Å². The lowest BCUT2D eigenvalue weighted by Crippen LogP contribution is -1.97. The van der Waals surface area contributed by atoms with E-state index < -0.39 is 153 Å². The maximum atomic E-state index is 9.13. The van der Waals surface area contributed by atoms with Gasteiger partial charge in [-0.05, 0) is 36.3 Å². The molecular weight excluding hydrogens is 426 g/mol. The van der Waals surface area contributed by atoms with E-state index in [9.17, 15) is 0 Å². The Labute approximate surface area is 220 Å². The Morgan fingerprint density at radius 1 is 0.606 bits per heavy atom. The number of furan rings is 1. The zero-order valence-electron chi connectivity index (χ0n) is 34.2. The van der Waals surface area contributed by atoms with Crippen molar-refractivity contribution < 1.29 is 29.1 Å². The quantitative estimate of drug-likeness (QED) is 0.251. The van der Waals surface area contributed by atoms with Gasteiger partial charge in [-0.2, -0.15) is 0 Å². The van der Waals surface area contributed by atoms with Crippen molar-refractivity contribution in [3.8, 4) is 16.8 Å². The van der Waals surface area contributed by atoms with Gasteiger partial charge < -0.3 is 8.98 Å². The van der Waals surface area contributed by atoms with Gasteiger partial charge in [0.1, 0.15) is 11.2 Å². The number of nitrogens with zero attached hydrogens (tertiary/aromatic N) is 1. The fraction of sp³-hybridized carbons (Fsp3) is 0. The summed E-state index contributed by atoms with van der Waals surface area (Å²) in [6.45, 7) is 0. The van der Waals surface area contributed by atoms with Gasteiger partial charge in [-0.1, -0.05) is 84.1 Å². The summed E-state index contributed by atoms with van der Waals surface area (Å²) in [5.74, 6) is 0. The van der Waals surface area contributed by atoms with Crippen LogP contribution in [-0.2, 0) is 0 Å². The maximum absolute atomic E-state index is 9.13. The summed E-state index contributed by atoms with van der Waals surface area (Å²) in [5, 5.41) is -1.99. The summed E-state index contributed by atoms with van der Waals surface area (Å²) in [5.41, 5.74) is -3.68. The first kappa shape index (κ1) is 8.09. The molecule has 0 spiro atoms. The Hall–Kier alpha value is -4.01. The van der Waals surface area contributed by atoms with E-state index in [4.69, 9.17) is 40.7 Å². The van der Waals surface area contributed by atoms with Gasteiger partial charge in [-0.3, -0.25) is 0 Å². The average Bonchev–Trinajstić information content (AvgIpc) is 3.67. The molecule has 0 unspecified atom stereocenters. The zero-order chi connectivity index (χ0) is 37.6. The van der Waals surface area contributed by atoms with E-state index in [1.165, 1.54) is 0 Å². The van der Waals surface area contributed by atoms with Crippen LogP contribution in [0.5, 0.6) is 0 Å². The fourth-order valence-electron chi connectivity index (χ4n) is 3.90. The van der Waals surface area contributed by atoms with Gasteiger partial charge in [0.2, 0.25) is 0 Å². The number of benzene rings is 5. The van der Waals surface area contributed by atoms with Crippen LogP contribution in [0.4, 0.5) is 0 Å². The predicted molar refractivity (Wildman–Crippen MR) is 139 cm³/mol. The van der Waals surface area contributed by atoms with E-state index in [1.54, 1.807) is 0 Å². The third-order valence-corrected chi connectivity index (χ3v) is 5.39. The van der Waals surface area contributed by atoms with Crippen molar-refractivity contribution in [2.24, 2.45) is 0 Å². The third kappa shape index (κ3) is 2.68. The molecule has 0 aliphatic heterocycles. The highest BCUT2D eigenvalue weighted by molar-refractivity contribution is 6.32. The molecule has 3 heteroatoms. The van der Waals surface area contributed by atoms with E-state index in [0.29, 0.717) is 0 Å². The minimum Gasteiger partial charge on any atom is -0.455 e. The van der Waals surface area contributed by atoms with Crippen LogP contribution in [0.2, 0.25) is 5.02 Å². The lowest BCUT2D eigenvalue weighted by molar-refractivity contribution is 0.670. The van der Waals surface area contributed by atoms with Crippen LogP contribution >= 0.6 is 11.6 Å². The summed E-state index contributed by atoms with van der Waals surface area (Å²) in [6.07, 6.45) is 0. The number of hydrogen-bond donors (Lipinski definition) is 0. The highest BCUT2D eigenvalue weighted by Gasteiger charge is 2.19. The number of hydrogen-bond acceptors (Lipinski definition) is 1. The van der Waals surface area contributed by atoms with Gasteiger partial charge in [0.15, 0.2) is 0 Å². The Balaban J connectivity index is 1.85. The molecule has 2 heterocycles. The highest BCUT2D eigenvalue weighted by atomic mass is 35.5. The SMILES string of the molecule is [2H]c1c([2H])c([2H])c(-n2c3c([2H])c([2H])c([2H])c([2H])c3c3c([2H])c([2H])c([2H])c([2H])c32)c(-c2c([2H])c(Cl)c([2H])c3c2oc2c([2H])c([2H])c([2H])c([2H])c23)c1[2H]. The largest absolute Gasteiger partial charge is 0.455 e. The second kappa shape index (κ2) is 6.99. The normalized spacial score (nSPS) is 19.4. The first-order valence-corrected chi connectivity index (χ1v) is 9.90. The van der Waals surface area contributed by atoms with Crippen molar-refractivity contribution in [1.29, 1.82) is 0 Å². The monoisotopic (exact) mass is 461 g/mol. The Morgan fingerprint density at radius 2 is 1.21 bits per heavy atom. The van der Waals surface area contributed by atoms with Gasteiger partial charge in [0.25, 0.3) is 0 Å². The number of halogens is 1. The number of rotatable bonds is 2. The van der Waals surface area contributed by atoms with Crippen molar-refractivity contribution in [2.75, 3.05) is 0 Å². The Bertz CT molecular complexity index is 2730.